The summed E-state index contributed by atoms with van der Waals surface area (Å²) in [4.78, 5) is 44.5. The van der Waals surface area contributed by atoms with Gasteiger partial charge in [0, 0.05) is 117 Å². The molecular weight excluding hydrogens is 958 g/mol. The number of rotatable bonds is 15. The monoisotopic (exact) mass is 1020 g/mol. The van der Waals surface area contributed by atoms with Gasteiger partial charge in [0.2, 0.25) is 17.7 Å². The zero-order chi connectivity index (χ0) is 50.7. The quantitative estimate of drug-likeness (QED) is 0.0945. The van der Waals surface area contributed by atoms with Crippen LogP contribution in [0.15, 0.2) is 158 Å². The highest BCUT2D eigenvalue weighted by Gasteiger charge is 2.26. The van der Waals surface area contributed by atoms with Crippen molar-refractivity contribution >= 4 is 53.1 Å². The number of benzene rings is 6. The van der Waals surface area contributed by atoms with E-state index in [1.54, 1.807) is 24.2 Å². The Morgan fingerprint density at radius 3 is 1.64 bits per heavy atom. The predicted octanol–water partition coefficient (Wildman–Crippen LogP) is 12.7. The standard InChI is InChI=1S/C61H59Cl2N3O7/c1-3-59(67)64-33-27-47(28-34-64)71-46-21-17-44(18-22-46)55-39-42(15-24-57(55)63)16-25-60(68)65-35-31-49(32-36-65)73-51-23-19-43(54(41-51)53-12-5-7-14-58(53)70-2)20-26-61(69)66-37-29-48(30-38-66)72-50-10-8-9-45(40-50)52-11-4-6-13-56(52)62/h3-26,39-41,47-49H,1,27-38H2,2H3/b25-16+,26-20+. The Kier molecular flexibility index (Phi) is 16.6. The van der Waals surface area contributed by atoms with Crippen LogP contribution in [-0.4, -0.2) is 97.1 Å². The molecule has 0 atom stereocenters. The number of piperidine rings is 3. The molecule has 6 aromatic rings. The van der Waals surface area contributed by atoms with Crippen LogP contribution in [0.1, 0.15) is 49.7 Å². The average Bonchev–Trinajstić information content (AvgIpc) is 3.43. The second-order valence-corrected chi connectivity index (χ2v) is 19.3. The second-order valence-electron chi connectivity index (χ2n) is 18.5. The normalized spacial score (nSPS) is 15.9. The predicted molar refractivity (Wildman–Crippen MR) is 291 cm³/mol. The molecule has 6 aromatic carbocycles. The highest BCUT2D eigenvalue weighted by atomic mass is 35.5. The number of likely N-dealkylation sites (tertiary alicyclic amines) is 3. The maximum absolute atomic E-state index is 13.6. The molecule has 0 bridgehead atoms. The number of methoxy groups -OCH3 is 1. The lowest BCUT2D eigenvalue weighted by Crippen LogP contribution is -2.41. The van der Waals surface area contributed by atoms with Crippen LogP contribution in [0.2, 0.25) is 10.0 Å². The Morgan fingerprint density at radius 2 is 1.03 bits per heavy atom. The van der Waals surface area contributed by atoms with E-state index < -0.39 is 0 Å². The van der Waals surface area contributed by atoms with Crippen LogP contribution in [-0.2, 0) is 14.4 Å². The zero-order valence-electron chi connectivity index (χ0n) is 41.0. The zero-order valence-corrected chi connectivity index (χ0v) is 42.5. The Hall–Kier alpha value is -7.27. The van der Waals surface area contributed by atoms with Gasteiger partial charge in [0.05, 0.1) is 7.11 Å². The van der Waals surface area contributed by atoms with E-state index in [1.807, 2.05) is 155 Å². The van der Waals surface area contributed by atoms with Crippen LogP contribution in [0.4, 0.5) is 0 Å². The average molecular weight is 1020 g/mol. The van der Waals surface area contributed by atoms with Crippen LogP contribution in [0.3, 0.4) is 0 Å². The van der Waals surface area contributed by atoms with Gasteiger partial charge in [-0.05, 0) is 107 Å². The summed E-state index contributed by atoms with van der Waals surface area (Å²) >= 11 is 13.1. The van der Waals surface area contributed by atoms with Crippen molar-refractivity contribution in [3.63, 3.8) is 0 Å². The molecular formula is C61H59Cl2N3O7. The molecule has 0 aromatic heterocycles. The summed E-state index contributed by atoms with van der Waals surface area (Å²) in [5.74, 6) is 2.81. The van der Waals surface area contributed by atoms with Crippen molar-refractivity contribution in [2.45, 2.75) is 56.8 Å². The van der Waals surface area contributed by atoms with E-state index in [0.717, 1.165) is 81.7 Å². The van der Waals surface area contributed by atoms with Crippen molar-refractivity contribution in [3.8, 4) is 56.4 Å². The van der Waals surface area contributed by atoms with Gasteiger partial charge >= 0.3 is 0 Å². The first-order valence-electron chi connectivity index (χ1n) is 25.0. The van der Waals surface area contributed by atoms with Crippen molar-refractivity contribution < 1.29 is 33.3 Å². The lowest BCUT2D eigenvalue weighted by molar-refractivity contribution is -0.128. The number of amides is 3. The molecule has 3 aliphatic rings. The third-order valence-corrected chi connectivity index (χ3v) is 14.4. The molecule has 3 heterocycles. The van der Waals surface area contributed by atoms with Gasteiger partial charge in [-0.2, -0.15) is 0 Å². The van der Waals surface area contributed by atoms with Gasteiger partial charge in [0.25, 0.3) is 0 Å². The van der Waals surface area contributed by atoms with Crippen LogP contribution in [0, 0.1) is 0 Å². The summed E-state index contributed by atoms with van der Waals surface area (Å²) in [5.41, 5.74) is 7.24. The molecule has 3 aliphatic heterocycles. The summed E-state index contributed by atoms with van der Waals surface area (Å²) in [6.45, 7) is 7.18. The summed E-state index contributed by atoms with van der Waals surface area (Å²) in [6.07, 6.45) is 12.6. The molecule has 12 heteroatoms. The molecule has 0 spiro atoms. The Balaban J connectivity index is 0.777. The number of halogens is 2. The summed E-state index contributed by atoms with van der Waals surface area (Å²) < 4.78 is 25.0. The Morgan fingerprint density at radius 1 is 0.493 bits per heavy atom. The van der Waals surface area contributed by atoms with E-state index >= 15 is 0 Å². The number of para-hydroxylation sites is 1. The lowest BCUT2D eigenvalue weighted by atomic mass is 9.97. The largest absolute Gasteiger partial charge is 0.496 e. The molecule has 0 aliphatic carbocycles. The number of hydrogen-bond acceptors (Lipinski definition) is 7. The lowest BCUT2D eigenvalue weighted by Gasteiger charge is -2.32. The van der Waals surface area contributed by atoms with Gasteiger partial charge < -0.3 is 33.6 Å². The van der Waals surface area contributed by atoms with Crippen molar-refractivity contribution in [3.05, 3.63) is 179 Å². The van der Waals surface area contributed by atoms with E-state index in [4.69, 9.17) is 42.1 Å². The van der Waals surface area contributed by atoms with Crippen LogP contribution >= 0.6 is 23.2 Å². The number of nitrogens with zero attached hydrogens (tertiary/aromatic N) is 3. The molecule has 3 saturated heterocycles. The van der Waals surface area contributed by atoms with E-state index in [0.29, 0.717) is 73.7 Å². The maximum atomic E-state index is 13.6. The Bertz CT molecular complexity index is 2990. The first-order chi connectivity index (χ1) is 35.6. The van der Waals surface area contributed by atoms with E-state index in [9.17, 15) is 14.4 Å². The first-order valence-corrected chi connectivity index (χ1v) is 25.7. The SMILES string of the molecule is C=CC(=O)N1CCC(Oc2ccc(-c3cc(/C=C/C(=O)N4CCC(Oc5ccc(/C=C/C(=O)N6CCC(Oc7cccc(-c8ccccc8Cl)c7)CC6)c(-c6ccccc6OC)c5)CC4)ccc3Cl)cc2)CC1. The summed E-state index contributed by atoms with van der Waals surface area (Å²) in [7, 11) is 1.65. The minimum absolute atomic E-state index is 0.00404. The minimum atomic E-state index is -0.0867. The van der Waals surface area contributed by atoms with Gasteiger partial charge in [0.1, 0.15) is 41.3 Å². The van der Waals surface area contributed by atoms with E-state index in [2.05, 4.69) is 6.58 Å². The fourth-order valence-electron chi connectivity index (χ4n) is 9.70. The number of ether oxygens (including phenoxy) is 4. The third kappa shape index (κ3) is 12.9. The number of carbonyl (C=O) groups excluding carboxylic acids is 3. The van der Waals surface area contributed by atoms with Crippen molar-refractivity contribution in [2.75, 3.05) is 46.4 Å². The van der Waals surface area contributed by atoms with Gasteiger partial charge in [-0.1, -0.05) is 103 Å². The summed E-state index contributed by atoms with van der Waals surface area (Å²) in [6, 6.07) is 43.1. The molecule has 3 amide bonds. The van der Waals surface area contributed by atoms with Crippen LogP contribution in [0.25, 0.3) is 45.5 Å². The number of hydrogen-bond donors (Lipinski definition) is 0. The molecule has 73 heavy (non-hydrogen) atoms. The second kappa shape index (κ2) is 24.0. The molecule has 0 N–H and O–H groups in total. The first kappa shape index (κ1) is 50.7. The molecule has 3 fully saturated rings. The van der Waals surface area contributed by atoms with E-state index in [1.165, 1.54) is 6.08 Å². The topological polar surface area (TPSA) is 97.9 Å². The third-order valence-electron chi connectivity index (χ3n) is 13.8. The van der Waals surface area contributed by atoms with Gasteiger partial charge in [-0.25, -0.2) is 0 Å². The molecule has 10 nitrogen and oxygen atoms in total. The number of carbonyl (C=O) groups is 3. The highest BCUT2D eigenvalue weighted by Crippen LogP contribution is 2.37. The summed E-state index contributed by atoms with van der Waals surface area (Å²) in [5, 5.41) is 1.30. The smallest absolute Gasteiger partial charge is 0.246 e. The fraction of sp³-hybridized carbons (Fsp3) is 0.262. The molecule has 0 unspecified atom stereocenters. The minimum Gasteiger partial charge on any atom is -0.496 e. The molecule has 0 radical (unpaired) electrons. The molecule has 374 valence electrons. The molecule has 9 rings (SSSR count). The molecule has 0 saturated carbocycles. The highest BCUT2D eigenvalue weighted by molar-refractivity contribution is 6.33. The maximum Gasteiger partial charge on any atom is 0.246 e. The van der Waals surface area contributed by atoms with Gasteiger partial charge in [0.15, 0.2) is 0 Å². The van der Waals surface area contributed by atoms with Gasteiger partial charge in [-0.15, -0.1) is 0 Å². The Labute approximate surface area is 438 Å². The van der Waals surface area contributed by atoms with E-state index in [-0.39, 0.29) is 36.0 Å². The fourth-order valence-corrected chi connectivity index (χ4v) is 10.2. The van der Waals surface area contributed by atoms with Gasteiger partial charge in [-0.3, -0.25) is 14.4 Å². The van der Waals surface area contributed by atoms with Crippen molar-refractivity contribution in [1.82, 2.24) is 14.7 Å². The van der Waals surface area contributed by atoms with Crippen molar-refractivity contribution in [2.24, 2.45) is 0 Å². The van der Waals surface area contributed by atoms with Crippen LogP contribution in [0.5, 0.6) is 23.0 Å². The van der Waals surface area contributed by atoms with Crippen LogP contribution < -0.4 is 18.9 Å². The van der Waals surface area contributed by atoms with Crippen molar-refractivity contribution in [1.29, 1.82) is 0 Å².